The molecule has 1 amide bonds. The quantitative estimate of drug-likeness (QED) is 0.422. The van der Waals surface area contributed by atoms with Crippen LogP contribution in [0.4, 0.5) is 13.2 Å². The number of benzene rings is 2. The first-order valence-corrected chi connectivity index (χ1v) is 14.4. The van der Waals surface area contributed by atoms with E-state index < -0.39 is 38.5 Å². The zero-order valence-electron chi connectivity index (χ0n) is 20.1. The molecule has 1 N–H and O–H groups in total. The number of alkyl halides is 3. The Morgan fingerprint density at radius 1 is 1.11 bits per heavy atom. The van der Waals surface area contributed by atoms with Gasteiger partial charge in [-0.1, -0.05) is 12.1 Å². The molecule has 1 atom stereocenters. The summed E-state index contributed by atoms with van der Waals surface area (Å²) < 4.78 is 76.8. The maximum atomic E-state index is 13.9. The molecule has 13 heteroatoms. The number of aromatic nitrogens is 1. The predicted octanol–water partition coefficient (Wildman–Crippen LogP) is 4.88. The summed E-state index contributed by atoms with van der Waals surface area (Å²) in [6.07, 6.45) is -2.93. The third-order valence-electron chi connectivity index (χ3n) is 6.76. The van der Waals surface area contributed by atoms with E-state index in [2.05, 4.69) is 10.5 Å². The van der Waals surface area contributed by atoms with Crippen molar-refractivity contribution in [3.05, 3.63) is 48.0 Å². The van der Waals surface area contributed by atoms with Crippen LogP contribution in [0.15, 0.2) is 47.4 Å². The molecule has 2 fully saturated rings. The Bertz CT molecular complexity index is 1430. The number of fused-ring (bicyclic) bond motifs is 1. The van der Waals surface area contributed by atoms with E-state index in [9.17, 15) is 26.4 Å². The van der Waals surface area contributed by atoms with Crippen molar-refractivity contribution in [2.45, 2.75) is 54.2 Å². The molecule has 3 heterocycles. The first kappa shape index (κ1) is 27.0. The van der Waals surface area contributed by atoms with Crippen molar-refractivity contribution in [2.24, 2.45) is 0 Å². The first-order valence-electron chi connectivity index (χ1n) is 12.1. The van der Waals surface area contributed by atoms with Crippen LogP contribution in [0.25, 0.3) is 20.8 Å². The molecule has 0 saturated carbocycles. The first-order chi connectivity index (χ1) is 18.1. The molecule has 204 valence electrons. The van der Waals surface area contributed by atoms with Gasteiger partial charge in [-0.2, -0.15) is 13.2 Å². The summed E-state index contributed by atoms with van der Waals surface area (Å²) in [5.41, 5.74) is 2.22. The lowest BCUT2D eigenvalue weighted by atomic mass is 9.98. The van der Waals surface area contributed by atoms with Crippen LogP contribution < -0.4 is 5.48 Å². The Morgan fingerprint density at radius 3 is 2.61 bits per heavy atom. The molecule has 2 aliphatic heterocycles. The van der Waals surface area contributed by atoms with Crippen molar-refractivity contribution in [1.82, 2.24) is 10.5 Å². The van der Waals surface area contributed by atoms with Crippen molar-refractivity contribution in [2.75, 3.05) is 19.8 Å². The van der Waals surface area contributed by atoms with Crippen molar-refractivity contribution in [1.29, 1.82) is 0 Å². The van der Waals surface area contributed by atoms with Crippen LogP contribution in [0.5, 0.6) is 0 Å². The molecule has 8 nitrogen and oxygen atoms in total. The van der Waals surface area contributed by atoms with E-state index in [1.165, 1.54) is 30.3 Å². The van der Waals surface area contributed by atoms with E-state index in [1.807, 2.05) is 0 Å². The number of halogens is 3. The van der Waals surface area contributed by atoms with Crippen LogP contribution in [-0.4, -0.2) is 50.2 Å². The van der Waals surface area contributed by atoms with Crippen LogP contribution in [0.1, 0.15) is 37.7 Å². The van der Waals surface area contributed by atoms with Gasteiger partial charge in [0.05, 0.1) is 20.7 Å². The van der Waals surface area contributed by atoms with Crippen LogP contribution >= 0.6 is 11.3 Å². The number of ether oxygens (including phenoxy) is 2. The molecule has 0 spiro atoms. The molecule has 2 saturated heterocycles. The topological polar surface area (TPSA) is 104 Å². The lowest BCUT2D eigenvalue weighted by Crippen LogP contribution is -2.56. The zero-order chi connectivity index (χ0) is 27.0. The van der Waals surface area contributed by atoms with Gasteiger partial charge >= 0.3 is 6.18 Å². The summed E-state index contributed by atoms with van der Waals surface area (Å²) in [4.78, 5) is 23.0. The molecule has 2 aliphatic rings. The standard InChI is InChI=1S/C25H25F3N2O6S2/c26-25(27,28)17-5-3-4-16(14-17)22-29-19-8-7-18(15-20(19)37-22)38(32,33)24(9-12-34-13-10-24)23(31)30-36-21-6-1-2-11-35-21/h3-5,7-8,14-15,21H,1-2,6,9-13H2,(H,30,31). The minimum absolute atomic E-state index is 0.0632. The Balaban J connectivity index is 1.45. The molecule has 5 rings (SSSR count). The Labute approximate surface area is 221 Å². The number of thiazole rings is 1. The Kier molecular flexibility index (Phi) is 7.48. The average Bonchev–Trinajstić information content (AvgIpc) is 3.36. The van der Waals surface area contributed by atoms with Crippen LogP contribution in [0, 0.1) is 0 Å². The highest BCUT2D eigenvalue weighted by atomic mass is 32.2. The number of hydrogen-bond donors (Lipinski definition) is 1. The molecule has 1 aromatic heterocycles. The average molecular weight is 571 g/mol. The highest BCUT2D eigenvalue weighted by molar-refractivity contribution is 7.93. The third kappa shape index (κ3) is 5.17. The third-order valence-corrected chi connectivity index (χ3v) is 10.3. The van der Waals surface area contributed by atoms with Gasteiger partial charge in [-0.05, 0) is 56.0 Å². The highest BCUT2D eigenvalue weighted by Crippen LogP contribution is 2.39. The van der Waals surface area contributed by atoms with Gasteiger partial charge in [0.1, 0.15) is 5.01 Å². The normalized spacial score (nSPS) is 20.3. The van der Waals surface area contributed by atoms with Crippen molar-refractivity contribution in [3.8, 4) is 10.6 Å². The molecule has 0 bridgehead atoms. The van der Waals surface area contributed by atoms with E-state index >= 15 is 0 Å². The molecule has 0 aliphatic carbocycles. The predicted molar refractivity (Wildman–Crippen MR) is 133 cm³/mol. The number of hydrogen-bond acceptors (Lipinski definition) is 8. The van der Waals surface area contributed by atoms with Crippen molar-refractivity contribution < 1.29 is 40.7 Å². The van der Waals surface area contributed by atoms with Gasteiger partial charge in [-0.15, -0.1) is 11.3 Å². The lowest BCUT2D eigenvalue weighted by molar-refractivity contribution is -0.202. The number of carbonyl (C=O) groups excluding carboxylic acids is 1. The van der Waals surface area contributed by atoms with E-state index in [-0.39, 0.29) is 36.5 Å². The van der Waals surface area contributed by atoms with Gasteiger partial charge in [0.25, 0.3) is 5.91 Å². The number of rotatable bonds is 6. The SMILES string of the molecule is O=C(NOC1CCCCO1)C1(S(=O)(=O)c2ccc3nc(-c4cccc(C(F)(F)F)c4)sc3c2)CCOCC1. The fourth-order valence-electron chi connectivity index (χ4n) is 4.59. The van der Waals surface area contributed by atoms with Crippen LogP contribution in [0.2, 0.25) is 0 Å². The number of nitrogens with zero attached hydrogens (tertiary/aromatic N) is 1. The number of hydroxylamine groups is 1. The minimum Gasteiger partial charge on any atom is -0.381 e. The fourth-order valence-corrected chi connectivity index (χ4v) is 7.62. The summed E-state index contributed by atoms with van der Waals surface area (Å²) in [7, 11) is -4.23. The number of nitrogens with one attached hydrogen (secondary N) is 1. The summed E-state index contributed by atoms with van der Waals surface area (Å²) >= 11 is 1.07. The minimum atomic E-state index is -4.50. The van der Waals surface area contributed by atoms with E-state index in [1.54, 1.807) is 0 Å². The Hall–Kier alpha value is -2.58. The summed E-state index contributed by atoms with van der Waals surface area (Å²) in [5, 5.41) is 0.319. The summed E-state index contributed by atoms with van der Waals surface area (Å²) in [6.45, 7) is 0.652. The molecular weight excluding hydrogens is 545 g/mol. The fraction of sp³-hybridized carbons (Fsp3) is 0.440. The second-order valence-corrected chi connectivity index (χ2v) is 12.5. The van der Waals surface area contributed by atoms with Crippen LogP contribution in [-0.2, 0) is 35.1 Å². The highest BCUT2D eigenvalue weighted by Gasteiger charge is 2.52. The lowest BCUT2D eigenvalue weighted by Gasteiger charge is -2.35. The summed E-state index contributed by atoms with van der Waals surface area (Å²) in [5.74, 6) is -0.788. The van der Waals surface area contributed by atoms with Crippen molar-refractivity contribution in [3.63, 3.8) is 0 Å². The molecule has 0 radical (unpaired) electrons. The Morgan fingerprint density at radius 2 is 1.89 bits per heavy atom. The van der Waals surface area contributed by atoms with Crippen molar-refractivity contribution >= 4 is 37.3 Å². The van der Waals surface area contributed by atoms with Gasteiger partial charge < -0.3 is 9.47 Å². The number of sulfone groups is 1. The molecule has 2 aromatic carbocycles. The zero-order valence-corrected chi connectivity index (χ0v) is 21.8. The van der Waals surface area contributed by atoms with Gasteiger partial charge in [-0.25, -0.2) is 23.7 Å². The number of carbonyl (C=O) groups is 1. The molecular formula is C25H25F3N2O6S2. The van der Waals surface area contributed by atoms with E-state index in [4.69, 9.17) is 14.3 Å². The molecule has 38 heavy (non-hydrogen) atoms. The smallest absolute Gasteiger partial charge is 0.381 e. The van der Waals surface area contributed by atoms with Gasteiger partial charge in [0.15, 0.2) is 20.9 Å². The van der Waals surface area contributed by atoms with Gasteiger partial charge in [0.2, 0.25) is 0 Å². The van der Waals surface area contributed by atoms with Gasteiger partial charge in [0, 0.05) is 31.8 Å². The second-order valence-electron chi connectivity index (χ2n) is 9.18. The summed E-state index contributed by atoms with van der Waals surface area (Å²) in [6, 6.07) is 9.07. The molecule has 1 unspecified atom stereocenters. The molecule has 3 aromatic rings. The van der Waals surface area contributed by atoms with Crippen LogP contribution in [0.3, 0.4) is 0 Å². The monoisotopic (exact) mass is 570 g/mol. The largest absolute Gasteiger partial charge is 0.416 e. The van der Waals surface area contributed by atoms with E-state index in [0.29, 0.717) is 28.3 Å². The van der Waals surface area contributed by atoms with E-state index in [0.717, 1.165) is 36.3 Å². The maximum absolute atomic E-state index is 13.9. The number of amides is 1. The maximum Gasteiger partial charge on any atom is 0.416 e. The second kappa shape index (κ2) is 10.5. The van der Waals surface area contributed by atoms with Gasteiger partial charge in [-0.3, -0.25) is 4.79 Å².